The summed E-state index contributed by atoms with van der Waals surface area (Å²) in [6.07, 6.45) is -0.209. The molecule has 0 aliphatic rings. The first-order valence-electron chi connectivity index (χ1n) is 5.93. The van der Waals surface area contributed by atoms with Gasteiger partial charge in [-0.2, -0.15) is 4.68 Å². The van der Waals surface area contributed by atoms with E-state index in [9.17, 15) is 13.6 Å². The number of para-hydroxylation sites is 1. The van der Waals surface area contributed by atoms with Crippen LogP contribution in [0.3, 0.4) is 0 Å². The Morgan fingerprint density at radius 2 is 1.95 bits per heavy atom. The molecule has 0 saturated heterocycles. The van der Waals surface area contributed by atoms with Crippen molar-refractivity contribution in [2.24, 2.45) is 0 Å². The highest BCUT2D eigenvalue weighted by Crippen LogP contribution is 2.14. The zero-order chi connectivity index (χ0) is 14.1. The van der Waals surface area contributed by atoms with Crippen molar-refractivity contribution >= 4 is 16.9 Å². The van der Waals surface area contributed by atoms with Gasteiger partial charge in [-0.05, 0) is 23.8 Å². The van der Waals surface area contributed by atoms with E-state index >= 15 is 0 Å². The normalized spacial score (nSPS) is 10.9. The van der Waals surface area contributed by atoms with Crippen molar-refractivity contribution in [1.29, 1.82) is 0 Å². The van der Waals surface area contributed by atoms with Crippen LogP contribution in [0.2, 0.25) is 0 Å². The number of benzene rings is 2. The first-order valence-corrected chi connectivity index (χ1v) is 5.93. The molecule has 0 saturated carbocycles. The quantitative estimate of drug-likeness (QED) is 0.721. The van der Waals surface area contributed by atoms with Gasteiger partial charge in [0.15, 0.2) is 0 Å². The van der Waals surface area contributed by atoms with Gasteiger partial charge < -0.3 is 0 Å². The van der Waals surface area contributed by atoms with E-state index in [1.54, 1.807) is 24.3 Å². The molecular formula is C14H9F2N3O. The van der Waals surface area contributed by atoms with Crippen LogP contribution in [0.5, 0.6) is 0 Å². The molecule has 2 aromatic carbocycles. The van der Waals surface area contributed by atoms with Gasteiger partial charge in [-0.1, -0.05) is 23.4 Å². The number of rotatable bonds is 2. The van der Waals surface area contributed by atoms with E-state index in [0.717, 1.165) is 16.8 Å². The van der Waals surface area contributed by atoms with E-state index in [0.29, 0.717) is 11.0 Å². The molecule has 0 amide bonds. The van der Waals surface area contributed by atoms with Crippen molar-refractivity contribution < 1.29 is 13.6 Å². The van der Waals surface area contributed by atoms with E-state index < -0.39 is 17.5 Å². The van der Waals surface area contributed by atoms with Crippen LogP contribution in [-0.2, 0) is 6.42 Å². The minimum atomic E-state index is -0.747. The second-order valence-electron chi connectivity index (χ2n) is 4.30. The monoisotopic (exact) mass is 273 g/mol. The fourth-order valence-corrected chi connectivity index (χ4v) is 1.96. The number of nitrogens with zero attached hydrogens (tertiary/aromatic N) is 3. The molecule has 3 rings (SSSR count). The van der Waals surface area contributed by atoms with E-state index in [4.69, 9.17) is 0 Å². The molecular weight excluding hydrogens is 264 g/mol. The number of fused-ring (bicyclic) bond motifs is 1. The summed E-state index contributed by atoms with van der Waals surface area (Å²) in [6, 6.07) is 10.1. The van der Waals surface area contributed by atoms with Crippen molar-refractivity contribution in [3.8, 4) is 0 Å². The third kappa shape index (κ3) is 2.16. The van der Waals surface area contributed by atoms with Gasteiger partial charge in [0.25, 0.3) is 5.91 Å². The number of halogens is 2. The Balaban J connectivity index is 1.93. The SMILES string of the molecule is O=C(Cc1ccc(F)cc1F)n1nnc2ccccc21. The molecule has 0 aliphatic heterocycles. The van der Waals surface area contributed by atoms with Gasteiger partial charge in [0.1, 0.15) is 17.2 Å². The Morgan fingerprint density at radius 3 is 2.75 bits per heavy atom. The summed E-state index contributed by atoms with van der Waals surface area (Å²) in [4.78, 5) is 12.1. The van der Waals surface area contributed by atoms with Gasteiger partial charge in [-0.3, -0.25) is 4.79 Å². The highest BCUT2D eigenvalue weighted by atomic mass is 19.1. The Morgan fingerprint density at radius 1 is 1.15 bits per heavy atom. The average molecular weight is 273 g/mol. The second kappa shape index (κ2) is 4.80. The lowest BCUT2D eigenvalue weighted by molar-refractivity contribution is 0.0900. The maximum absolute atomic E-state index is 13.5. The summed E-state index contributed by atoms with van der Waals surface area (Å²) in [5, 5.41) is 7.62. The zero-order valence-corrected chi connectivity index (χ0v) is 10.3. The highest BCUT2D eigenvalue weighted by Gasteiger charge is 2.14. The smallest absolute Gasteiger partial charge is 0.253 e. The van der Waals surface area contributed by atoms with E-state index in [2.05, 4.69) is 10.3 Å². The van der Waals surface area contributed by atoms with Gasteiger partial charge in [0.2, 0.25) is 0 Å². The molecule has 100 valence electrons. The van der Waals surface area contributed by atoms with Crippen molar-refractivity contribution in [3.63, 3.8) is 0 Å². The number of carbonyl (C=O) groups excluding carboxylic acids is 1. The average Bonchev–Trinajstić information content (AvgIpc) is 2.86. The number of carbonyl (C=O) groups is 1. The van der Waals surface area contributed by atoms with Gasteiger partial charge >= 0.3 is 0 Å². The fourth-order valence-electron chi connectivity index (χ4n) is 1.96. The van der Waals surface area contributed by atoms with Crippen LogP contribution in [0.25, 0.3) is 11.0 Å². The highest BCUT2D eigenvalue weighted by molar-refractivity contribution is 5.89. The maximum Gasteiger partial charge on any atom is 0.253 e. The van der Waals surface area contributed by atoms with Gasteiger partial charge in [0.05, 0.1) is 11.9 Å². The van der Waals surface area contributed by atoms with Crippen molar-refractivity contribution in [2.45, 2.75) is 6.42 Å². The molecule has 20 heavy (non-hydrogen) atoms. The van der Waals surface area contributed by atoms with Gasteiger partial charge in [-0.15, -0.1) is 5.10 Å². The molecule has 0 N–H and O–H groups in total. The van der Waals surface area contributed by atoms with Gasteiger partial charge in [0, 0.05) is 6.07 Å². The minimum absolute atomic E-state index is 0.121. The Bertz CT molecular complexity index is 798. The summed E-state index contributed by atoms with van der Waals surface area (Å²) >= 11 is 0. The molecule has 0 atom stereocenters. The lowest BCUT2D eigenvalue weighted by Crippen LogP contribution is -2.16. The van der Waals surface area contributed by atoms with Crippen LogP contribution < -0.4 is 0 Å². The summed E-state index contributed by atoms with van der Waals surface area (Å²) in [7, 11) is 0. The van der Waals surface area contributed by atoms with Crippen LogP contribution in [0.15, 0.2) is 42.5 Å². The van der Waals surface area contributed by atoms with Crippen LogP contribution in [0.1, 0.15) is 10.4 Å². The molecule has 0 radical (unpaired) electrons. The predicted molar refractivity (Wildman–Crippen MR) is 68.2 cm³/mol. The maximum atomic E-state index is 13.5. The van der Waals surface area contributed by atoms with E-state index in [1.807, 2.05) is 0 Å². The van der Waals surface area contributed by atoms with E-state index in [-0.39, 0.29) is 12.0 Å². The Kier molecular flexibility index (Phi) is 2.98. The third-order valence-electron chi connectivity index (χ3n) is 2.94. The molecule has 1 heterocycles. The summed E-state index contributed by atoms with van der Waals surface area (Å²) in [5.41, 5.74) is 1.26. The Labute approximate surface area is 112 Å². The molecule has 0 aliphatic carbocycles. The summed E-state index contributed by atoms with van der Waals surface area (Å²) in [5.74, 6) is -1.85. The predicted octanol–water partition coefficient (Wildman–Crippen LogP) is 2.59. The first kappa shape index (κ1) is 12.4. The van der Waals surface area contributed by atoms with E-state index in [1.165, 1.54) is 6.07 Å². The Hall–Kier alpha value is -2.63. The number of aromatic nitrogens is 3. The second-order valence-corrected chi connectivity index (χ2v) is 4.30. The largest absolute Gasteiger partial charge is 0.272 e. The molecule has 0 unspecified atom stereocenters. The summed E-state index contributed by atoms with van der Waals surface area (Å²) in [6.45, 7) is 0. The molecule has 3 aromatic rings. The molecule has 0 fully saturated rings. The van der Waals surface area contributed by atoms with Crippen LogP contribution in [0.4, 0.5) is 8.78 Å². The molecule has 6 heteroatoms. The van der Waals surface area contributed by atoms with Crippen LogP contribution in [-0.4, -0.2) is 20.9 Å². The molecule has 0 spiro atoms. The van der Waals surface area contributed by atoms with Crippen molar-refractivity contribution in [3.05, 3.63) is 59.7 Å². The number of hydrogen-bond donors (Lipinski definition) is 0. The van der Waals surface area contributed by atoms with Crippen LogP contribution >= 0.6 is 0 Å². The van der Waals surface area contributed by atoms with Gasteiger partial charge in [-0.25, -0.2) is 8.78 Å². The molecule has 4 nitrogen and oxygen atoms in total. The van der Waals surface area contributed by atoms with Crippen LogP contribution in [0, 0.1) is 11.6 Å². The first-order chi connectivity index (χ1) is 9.65. The van der Waals surface area contributed by atoms with Crippen molar-refractivity contribution in [1.82, 2.24) is 15.0 Å². The van der Waals surface area contributed by atoms with Crippen molar-refractivity contribution in [2.75, 3.05) is 0 Å². The molecule has 0 bridgehead atoms. The molecule has 1 aromatic heterocycles. The lowest BCUT2D eigenvalue weighted by Gasteiger charge is -2.03. The summed E-state index contributed by atoms with van der Waals surface area (Å²) < 4.78 is 27.5. The topological polar surface area (TPSA) is 47.8 Å². The third-order valence-corrected chi connectivity index (χ3v) is 2.94. The number of hydrogen-bond acceptors (Lipinski definition) is 3. The standard InChI is InChI=1S/C14H9F2N3O/c15-10-6-5-9(11(16)8-10)7-14(20)19-13-4-2-1-3-12(13)17-18-19/h1-6,8H,7H2. The zero-order valence-electron chi connectivity index (χ0n) is 10.3. The lowest BCUT2D eigenvalue weighted by atomic mass is 10.1. The fraction of sp³-hybridized carbons (Fsp3) is 0.0714. The minimum Gasteiger partial charge on any atom is -0.272 e.